The summed E-state index contributed by atoms with van der Waals surface area (Å²) in [6, 6.07) is 77.8. The van der Waals surface area contributed by atoms with Crippen molar-refractivity contribution in [1.82, 2.24) is 19.9 Å². The number of allylic oxidation sites excluding steroid dienone is 9. The first kappa shape index (κ1) is 105. The molecule has 0 N–H and O–H groups in total. The minimum Gasteiger partial charge on any atom is -0.304 e. The van der Waals surface area contributed by atoms with Crippen LogP contribution < -0.4 is 0 Å². The van der Waals surface area contributed by atoms with E-state index in [2.05, 4.69) is 334 Å². The molecule has 117 heavy (non-hydrogen) atoms. The minimum atomic E-state index is -0.237. The maximum absolute atomic E-state index is 13.2. The number of fused-ring (bicyclic) bond motifs is 4. The van der Waals surface area contributed by atoms with Crippen LogP contribution >= 0.6 is 0 Å². The second-order valence-electron chi connectivity index (χ2n) is 37.2. The Morgan fingerprint density at radius 1 is 0.316 bits per heavy atom. The Balaban J connectivity index is 0.000000464. The van der Waals surface area contributed by atoms with Gasteiger partial charge in [0.1, 0.15) is 0 Å². The zero-order chi connectivity index (χ0) is 84.2. The van der Waals surface area contributed by atoms with Crippen molar-refractivity contribution in [2.45, 2.75) is 184 Å². The molecule has 4 aromatic heterocycles. The zero-order valence-corrected chi connectivity index (χ0v) is 83.5. The van der Waals surface area contributed by atoms with Crippen LogP contribution in [0.4, 0.5) is 4.39 Å². The monoisotopic (exact) mass is 2270 g/mol. The Labute approximate surface area is 760 Å². The van der Waals surface area contributed by atoms with Gasteiger partial charge < -0.3 is 19.9 Å². The molecule has 1 radical (unpaired) electrons. The number of aryl methyl sites for hydroxylation is 1. The van der Waals surface area contributed by atoms with E-state index in [9.17, 15) is 4.39 Å². The van der Waals surface area contributed by atoms with E-state index in [1.165, 1.54) is 49.5 Å². The molecule has 9 heteroatoms. The van der Waals surface area contributed by atoms with Gasteiger partial charge in [-0.25, -0.2) is 72.4 Å². The third-order valence-corrected chi connectivity index (χ3v) is 19.3. The fourth-order valence-electron chi connectivity index (χ4n) is 10.2. The smallest absolute Gasteiger partial charge is 0.304 e. The van der Waals surface area contributed by atoms with E-state index in [1.807, 2.05) is 122 Å². The molecule has 0 atom stereocenters. The van der Waals surface area contributed by atoms with Crippen molar-refractivity contribution in [2.24, 2.45) is 32.5 Å². The largest absolute Gasteiger partial charge is 3.00 e. The second-order valence-corrected chi connectivity index (χ2v) is 37.2. The van der Waals surface area contributed by atoms with Gasteiger partial charge in [0.25, 0.3) is 0 Å². The average Bonchev–Trinajstić information content (AvgIpc) is 0.824. The summed E-state index contributed by atoms with van der Waals surface area (Å²) in [5.41, 5.74) is 17.6. The molecule has 0 aliphatic rings. The van der Waals surface area contributed by atoms with Gasteiger partial charge in [-0.15, -0.1) is 130 Å². The molecule has 0 spiro atoms. The van der Waals surface area contributed by atoms with Crippen LogP contribution in [0.15, 0.2) is 271 Å². The molecule has 8 aromatic carbocycles. The normalized spacial score (nSPS) is 11.9. The summed E-state index contributed by atoms with van der Waals surface area (Å²) in [7, 11) is 0. The van der Waals surface area contributed by atoms with Crippen molar-refractivity contribution in [3.05, 3.63) is 358 Å². The Kier molecular flexibility index (Phi) is 40.8. The number of hydrogen-bond acceptors (Lipinski definition) is 4. The predicted octanol–water partition coefficient (Wildman–Crippen LogP) is 30.4. The van der Waals surface area contributed by atoms with Gasteiger partial charge in [0.15, 0.2) is 0 Å². The molecule has 0 aliphatic heterocycles. The van der Waals surface area contributed by atoms with E-state index in [-0.39, 0.29) is 130 Å². The molecule has 12 rings (SSSR count). The maximum Gasteiger partial charge on any atom is 3.00 e. The summed E-state index contributed by atoms with van der Waals surface area (Å²) >= 11 is 0. The molecule has 0 bridgehead atoms. The van der Waals surface area contributed by atoms with E-state index >= 15 is 0 Å². The Morgan fingerprint density at radius 3 is 0.786 bits per heavy atom. The summed E-state index contributed by atoms with van der Waals surface area (Å²) in [6.07, 6.45) is 13.6. The van der Waals surface area contributed by atoms with Crippen LogP contribution in [0.2, 0.25) is 0 Å². The topological polar surface area (TPSA) is 51.6 Å². The van der Waals surface area contributed by atoms with Crippen LogP contribution in [0.3, 0.4) is 0 Å². The van der Waals surface area contributed by atoms with Crippen LogP contribution in [0.25, 0.3) is 88.1 Å². The molecule has 619 valence electrons. The molecule has 0 fully saturated rings. The van der Waals surface area contributed by atoms with Crippen molar-refractivity contribution in [1.29, 1.82) is 0 Å². The molecule has 0 aliphatic carbocycles. The van der Waals surface area contributed by atoms with Crippen LogP contribution in [-0.4, -0.2) is 19.9 Å². The number of aromatic nitrogens is 4. The fraction of sp³-hybridized carbons (Fsp3) is 0.306. The van der Waals surface area contributed by atoms with Gasteiger partial charge in [0.2, 0.25) is 0 Å². The predicted molar refractivity (Wildman–Crippen MR) is 487 cm³/mol. The molecule has 0 saturated carbocycles. The van der Waals surface area contributed by atoms with Crippen molar-refractivity contribution >= 4 is 43.1 Å². The molecule has 4 heterocycles. The van der Waals surface area contributed by atoms with E-state index in [0.717, 1.165) is 89.2 Å². The maximum atomic E-state index is 13.2. The third-order valence-electron chi connectivity index (χ3n) is 19.3. The molecular formula is C108H123FIr4N4-. The van der Waals surface area contributed by atoms with E-state index in [4.69, 9.17) is 19.7 Å². The summed E-state index contributed by atoms with van der Waals surface area (Å²) < 4.78 is 13.2. The van der Waals surface area contributed by atoms with E-state index < -0.39 is 0 Å². The number of benzene rings is 8. The molecule has 0 unspecified atom stereocenters. The molecule has 0 saturated heterocycles. The van der Waals surface area contributed by atoms with Gasteiger partial charge in [-0.3, -0.25) is 24.1 Å². The number of hydrogen-bond donors (Lipinski definition) is 0. The summed E-state index contributed by atoms with van der Waals surface area (Å²) in [6.45, 7) is 83.2. The van der Waals surface area contributed by atoms with Crippen molar-refractivity contribution in [3.63, 3.8) is 0 Å². The first-order chi connectivity index (χ1) is 52.4. The van der Waals surface area contributed by atoms with Gasteiger partial charge in [-0.05, 0) is 109 Å². The standard InChI is InChI=1S/2C19H18N.C16H11FN.C15H10N.3C13H22.4Ir/c2*1-19(2,3)17-10-8-14(9-11-17)18-12-15-6-4-5-7-16(15)13-20-18;1-11-8-13(6-7-15(11)17)16-9-12-4-2-3-5-14(12)10-18-16;1-2-6-12(7-3-1)15-10-13-8-4-5-9-14(13)11-16-15;3*1-10(12(3,4)5)9-11(2)13(6,7)8;;;;/h2*4-8,10-13H,1-3H3;2-5,7-10H,1H3;1-6,8-11H;3*1,9H,2H2,3-8H3;;;;/q4*-1;3*-2;;3*+3. The number of pyridine rings is 4. The van der Waals surface area contributed by atoms with Gasteiger partial charge in [-0.2, -0.15) is 0 Å². The number of halogens is 1. The molecule has 12 aromatic rings. The van der Waals surface area contributed by atoms with Crippen LogP contribution in [-0.2, 0) is 91.3 Å². The molecule has 4 nitrogen and oxygen atoms in total. The zero-order valence-electron chi connectivity index (χ0n) is 73.9. The van der Waals surface area contributed by atoms with Crippen molar-refractivity contribution < 1.29 is 84.8 Å². The third kappa shape index (κ3) is 34.0. The van der Waals surface area contributed by atoms with Crippen LogP contribution in [0.5, 0.6) is 0 Å². The quantitative estimate of drug-likeness (QED) is 0.118. The molecule has 0 amide bonds. The van der Waals surface area contributed by atoms with Crippen LogP contribution in [0, 0.1) is 110 Å². The average molecular weight is 2270 g/mol. The number of rotatable bonds is 7. The Morgan fingerprint density at radius 2 is 0.564 bits per heavy atom. The summed E-state index contributed by atoms with van der Waals surface area (Å²) in [4.78, 5) is 17.9. The molecular weight excluding hydrogens is 2140 g/mol. The van der Waals surface area contributed by atoms with E-state index in [1.54, 1.807) is 13.0 Å². The second kappa shape index (κ2) is 45.4. The van der Waals surface area contributed by atoms with Crippen molar-refractivity contribution in [3.8, 4) is 45.0 Å². The first-order valence-corrected chi connectivity index (χ1v) is 39.0. The Bertz CT molecular complexity index is 5000. The van der Waals surface area contributed by atoms with E-state index in [0.29, 0.717) is 5.56 Å². The summed E-state index contributed by atoms with van der Waals surface area (Å²) in [5.74, 6) is -0.237. The van der Waals surface area contributed by atoms with Crippen molar-refractivity contribution in [2.75, 3.05) is 0 Å². The van der Waals surface area contributed by atoms with Gasteiger partial charge in [0, 0.05) is 50.7 Å². The first-order valence-electron chi connectivity index (χ1n) is 39.0. The number of nitrogens with zero attached hydrogens (tertiary/aromatic N) is 4. The van der Waals surface area contributed by atoms with Crippen LogP contribution in [0.1, 0.15) is 183 Å². The van der Waals surface area contributed by atoms with Gasteiger partial charge in [-0.1, -0.05) is 300 Å². The van der Waals surface area contributed by atoms with Gasteiger partial charge in [0.05, 0.1) is 0 Å². The summed E-state index contributed by atoms with van der Waals surface area (Å²) in [5, 5.41) is 9.37. The minimum absolute atomic E-state index is 0. The fourth-order valence-corrected chi connectivity index (χ4v) is 10.2. The SMILES string of the molecule is CC(C)(C)c1c[c-]c(-c2cc3ccccc3cn2)cc1.CC(C)(C)c1c[c-]c(-c2cc3ccccc3cn2)cc1.Cc1cc(-c2cc3ccccc3cn2)[c-]cc1F.[CH-]=C(C=C([CH2-])C(C)(C)C)C(C)(C)C.[CH-]=C(C=C([CH2-])C(C)(C)C)C(C)(C)C.[CH-]=C(C=C([CH2-])C(C)(C)C)C(C)(C)C.[Ir+3].[Ir+3].[Ir+3].[Ir].[c-]1ccccc1-c1cc2ccccc2cn1. The van der Waals surface area contributed by atoms with Gasteiger partial charge >= 0.3 is 60.3 Å². The Hall–Kier alpha value is -8.02.